The number of hydrogen-bond acceptors (Lipinski definition) is 3. The van der Waals surface area contributed by atoms with E-state index in [0.717, 1.165) is 30.8 Å². The van der Waals surface area contributed by atoms with Crippen molar-refractivity contribution >= 4 is 17.7 Å². The fraction of sp³-hybridized carbons (Fsp3) is 0.714. The van der Waals surface area contributed by atoms with Gasteiger partial charge in [-0.05, 0) is 37.5 Å². The van der Waals surface area contributed by atoms with Crippen LogP contribution in [0.4, 0.5) is 0 Å². The van der Waals surface area contributed by atoms with Gasteiger partial charge in [0.25, 0.3) is 0 Å². The van der Waals surface area contributed by atoms with Gasteiger partial charge < -0.3 is 4.90 Å². The highest BCUT2D eigenvalue weighted by Gasteiger charge is 2.11. The van der Waals surface area contributed by atoms with Gasteiger partial charge in [-0.2, -0.15) is 5.10 Å². The Balaban J connectivity index is 2.31. The number of hydrogen-bond donors (Lipinski definition) is 1. The zero-order valence-corrected chi connectivity index (χ0v) is 13.4. The lowest BCUT2D eigenvalue weighted by molar-refractivity contribution is -0.127. The van der Waals surface area contributed by atoms with Crippen LogP contribution in [0.15, 0.2) is 0 Å². The van der Waals surface area contributed by atoms with E-state index in [9.17, 15) is 4.79 Å². The first-order valence-corrected chi connectivity index (χ1v) is 7.82. The van der Waals surface area contributed by atoms with Crippen LogP contribution < -0.4 is 0 Å². The smallest absolute Gasteiger partial charge is 0.232 e. The molecule has 1 heterocycles. The van der Waals surface area contributed by atoms with Gasteiger partial charge in [0, 0.05) is 19.3 Å². The van der Waals surface area contributed by atoms with E-state index < -0.39 is 0 Å². The highest BCUT2D eigenvalue weighted by atomic mass is 32.2. The predicted octanol–water partition coefficient (Wildman–Crippen LogP) is 2.56. The molecule has 0 atom stereocenters. The van der Waals surface area contributed by atoms with E-state index in [0.29, 0.717) is 11.0 Å². The fourth-order valence-corrected chi connectivity index (χ4v) is 2.60. The van der Waals surface area contributed by atoms with Gasteiger partial charge in [0.1, 0.15) is 0 Å². The SMILES string of the molecule is Cc1n[nH]c(C)c1CCCN(C)C(=O)CSC(C)C. The highest BCUT2D eigenvalue weighted by Crippen LogP contribution is 2.13. The molecule has 1 aromatic heterocycles. The van der Waals surface area contributed by atoms with Crippen molar-refractivity contribution in [3.05, 3.63) is 17.0 Å². The maximum Gasteiger partial charge on any atom is 0.232 e. The summed E-state index contributed by atoms with van der Waals surface area (Å²) in [5.41, 5.74) is 3.50. The molecule has 0 spiro atoms. The van der Waals surface area contributed by atoms with Gasteiger partial charge in [-0.3, -0.25) is 9.89 Å². The van der Waals surface area contributed by atoms with E-state index in [-0.39, 0.29) is 5.91 Å². The van der Waals surface area contributed by atoms with Crippen molar-refractivity contribution in [1.29, 1.82) is 0 Å². The van der Waals surface area contributed by atoms with Crippen LogP contribution in [0.3, 0.4) is 0 Å². The van der Waals surface area contributed by atoms with Crippen LogP contribution in [0.5, 0.6) is 0 Å². The maximum atomic E-state index is 11.9. The molecule has 0 fully saturated rings. The first-order valence-electron chi connectivity index (χ1n) is 6.77. The Labute approximate surface area is 120 Å². The molecule has 1 amide bonds. The molecule has 108 valence electrons. The van der Waals surface area contributed by atoms with Gasteiger partial charge in [-0.15, -0.1) is 11.8 Å². The summed E-state index contributed by atoms with van der Waals surface area (Å²) in [7, 11) is 1.89. The third-order valence-corrected chi connectivity index (χ3v) is 4.25. The van der Waals surface area contributed by atoms with Gasteiger partial charge in [0.2, 0.25) is 5.91 Å². The minimum atomic E-state index is 0.222. The molecular weight excluding hydrogens is 258 g/mol. The van der Waals surface area contributed by atoms with E-state index in [2.05, 4.69) is 24.0 Å². The van der Waals surface area contributed by atoms with Crippen molar-refractivity contribution in [1.82, 2.24) is 15.1 Å². The Morgan fingerprint density at radius 2 is 2.11 bits per heavy atom. The average molecular weight is 283 g/mol. The van der Waals surface area contributed by atoms with Crippen molar-refractivity contribution in [2.24, 2.45) is 0 Å². The molecule has 1 N–H and O–H groups in total. The number of nitrogens with one attached hydrogen (secondary N) is 1. The van der Waals surface area contributed by atoms with E-state index in [1.165, 1.54) is 5.56 Å². The Morgan fingerprint density at radius 1 is 1.42 bits per heavy atom. The maximum absolute atomic E-state index is 11.9. The number of rotatable bonds is 7. The number of carbonyl (C=O) groups excluding carboxylic acids is 1. The summed E-state index contributed by atoms with van der Waals surface area (Å²) < 4.78 is 0. The zero-order chi connectivity index (χ0) is 14.4. The number of H-pyrrole nitrogens is 1. The van der Waals surface area contributed by atoms with Crippen molar-refractivity contribution in [3.8, 4) is 0 Å². The van der Waals surface area contributed by atoms with Crippen molar-refractivity contribution < 1.29 is 4.79 Å². The minimum absolute atomic E-state index is 0.222. The molecule has 19 heavy (non-hydrogen) atoms. The lowest BCUT2D eigenvalue weighted by atomic mass is 10.1. The minimum Gasteiger partial charge on any atom is -0.345 e. The monoisotopic (exact) mass is 283 g/mol. The van der Waals surface area contributed by atoms with E-state index in [1.807, 2.05) is 25.8 Å². The topological polar surface area (TPSA) is 49.0 Å². The second-order valence-corrected chi connectivity index (χ2v) is 6.76. The average Bonchev–Trinajstić information content (AvgIpc) is 2.67. The molecule has 1 aromatic rings. The van der Waals surface area contributed by atoms with Crippen LogP contribution >= 0.6 is 11.8 Å². The number of aromatic nitrogens is 2. The van der Waals surface area contributed by atoms with Crippen molar-refractivity contribution in [2.75, 3.05) is 19.3 Å². The summed E-state index contributed by atoms with van der Waals surface area (Å²) in [6.45, 7) is 9.10. The summed E-state index contributed by atoms with van der Waals surface area (Å²) in [6, 6.07) is 0. The third kappa shape index (κ3) is 5.27. The molecule has 0 aromatic carbocycles. The van der Waals surface area contributed by atoms with Gasteiger partial charge in [0.05, 0.1) is 11.4 Å². The first-order chi connectivity index (χ1) is 8.91. The molecule has 0 saturated heterocycles. The largest absolute Gasteiger partial charge is 0.345 e. The molecule has 0 unspecified atom stereocenters. The summed E-state index contributed by atoms with van der Waals surface area (Å²) in [6.07, 6.45) is 1.96. The van der Waals surface area contributed by atoms with Crippen LogP contribution in [-0.2, 0) is 11.2 Å². The molecule has 0 bridgehead atoms. The Hall–Kier alpha value is -0.970. The third-order valence-electron chi connectivity index (χ3n) is 3.17. The van der Waals surface area contributed by atoms with Gasteiger partial charge in [-0.1, -0.05) is 13.8 Å². The summed E-state index contributed by atoms with van der Waals surface area (Å²) in [4.78, 5) is 13.7. The van der Waals surface area contributed by atoms with Gasteiger partial charge >= 0.3 is 0 Å². The molecule has 0 aliphatic carbocycles. The molecule has 0 radical (unpaired) electrons. The van der Waals surface area contributed by atoms with Crippen LogP contribution in [0.25, 0.3) is 0 Å². The zero-order valence-electron chi connectivity index (χ0n) is 12.6. The number of aryl methyl sites for hydroxylation is 2. The molecule has 5 heteroatoms. The van der Waals surface area contributed by atoms with Crippen molar-refractivity contribution in [2.45, 2.75) is 45.8 Å². The Kier molecular flexibility index (Phi) is 6.42. The lowest BCUT2D eigenvalue weighted by Crippen LogP contribution is -2.30. The van der Waals surface area contributed by atoms with Crippen LogP contribution in [0, 0.1) is 13.8 Å². The van der Waals surface area contributed by atoms with E-state index in [4.69, 9.17) is 0 Å². The highest BCUT2D eigenvalue weighted by molar-refractivity contribution is 8.00. The number of nitrogens with zero attached hydrogens (tertiary/aromatic N) is 2. The second kappa shape index (κ2) is 7.58. The summed E-state index contributed by atoms with van der Waals surface area (Å²) in [5, 5.41) is 7.69. The molecular formula is C14H25N3OS. The Morgan fingerprint density at radius 3 is 2.63 bits per heavy atom. The number of thioether (sulfide) groups is 1. The summed E-state index contributed by atoms with van der Waals surface area (Å²) >= 11 is 1.70. The number of aromatic amines is 1. The van der Waals surface area contributed by atoms with E-state index in [1.54, 1.807) is 11.8 Å². The lowest BCUT2D eigenvalue weighted by Gasteiger charge is -2.17. The van der Waals surface area contributed by atoms with Gasteiger partial charge in [0.15, 0.2) is 0 Å². The quantitative estimate of drug-likeness (QED) is 0.836. The van der Waals surface area contributed by atoms with Crippen LogP contribution in [0.1, 0.15) is 37.2 Å². The molecule has 4 nitrogen and oxygen atoms in total. The van der Waals surface area contributed by atoms with Crippen LogP contribution in [0.2, 0.25) is 0 Å². The van der Waals surface area contributed by atoms with Gasteiger partial charge in [-0.25, -0.2) is 0 Å². The number of amides is 1. The normalized spacial score (nSPS) is 11.1. The fourth-order valence-electron chi connectivity index (χ4n) is 1.91. The predicted molar refractivity (Wildman–Crippen MR) is 81.6 cm³/mol. The molecule has 0 aliphatic heterocycles. The Bertz CT molecular complexity index is 395. The standard InChI is InChI=1S/C14H25N3OS/c1-10(2)19-9-14(18)17(5)8-6-7-13-11(3)15-16-12(13)4/h10H,6-9H2,1-5H3,(H,15,16). The molecule has 0 aliphatic rings. The first kappa shape index (κ1) is 16.1. The number of carbonyl (C=O) groups is 1. The van der Waals surface area contributed by atoms with Crippen molar-refractivity contribution in [3.63, 3.8) is 0 Å². The second-order valence-electron chi connectivity index (χ2n) is 5.19. The van der Waals surface area contributed by atoms with E-state index >= 15 is 0 Å². The molecule has 0 saturated carbocycles. The molecule has 1 rings (SSSR count). The summed E-state index contributed by atoms with van der Waals surface area (Å²) in [5.74, 6) is 0.803. The van der Waals surface area contributed by atoms with Crippen LogP contribution in [-0.4, -0.2) is 45.6 Å².